The third-order valence-electron chi connectivity index (χ3n) is 5.01. The van der Waals surface area contributed by atoms with Crippen LogP contribution in [0.3, 0.4) is 0 Å². The van der Waals surface area contributed by atoms with E-state index in [-0.39, 0.29) is 28.6 Å². The Bertz CT molecular complexity index is 895. The van der Waals surface area contributed by atoms with Crippen molar-refractivity contribution >= 4 is 19.9 Å². The minimum absolute atomic E-state index is 0.0932. The smallest absolute Gasteiger partial charge is 0.254 e. The van der Waals surface area contributed by atoms with Crippen LogP contribution in [-0.4, -0.2) is 44.8 Å². The van der Waals surface area contributed by atoms with Crippen LogP contribution >= 0.6 is 0 Å². The molecule has 2 aliphatic carbocycles. The third-order valence-corrected chi connectivity index (χ3v) is 5.89. The quantitative estimate of drug-likeness (QED) is 0.732. The first kappa shape index (κ1) is 19.6. The first-order chi connectivity index (χ1) is 12.6. The lowest BCUT2D eigenvalue weighted by molar-refractivity contribution is 0.0320. The van der Waals surface area contributed by atoms with Crippen molar-refractivity contribution in [1.29, 1.82) is 0 Å². The van der Waals surface area contributed by atoms with Crippen LogP contribution in [0.1, 0.15) is 27.3 Å². The number of ketones is 2. The minimum atomic E-state index is -1.88. The summed E-state index contributed by atoms with van der Waals surface area (Å²) < 4.78 is 18.1. The van der Waals surface area contributed by atoms with Gasteiger partial charge >= 0.3 is 0 Å². The molecule has 0 saturated carbocycles. The lowest BCUT2D eigenvalue weighted by Gasteiger charge is -2.39. The maximum absolute atomic E-state index is 13.3. The van der Waals surface area contributed by atoms with E-state index in [1.54, 1.807) is 6.08 Å². The van der Waals surface area contributed by atoms with Crippen LogP contribution in [-0.2, 0) is 16.2 Å². The molecule has 7 nitrogen and oxygen atoms in total. The summed E-state index contributed by atoms with van der Waals surface area (Å²) in [5.74, 6) is -0.937. The second kappa shape index (κ2) is 6.76. The van der Waals surface area contributed by atoms with Crippen molar-refractivity contribution in [3.63, 3.8) is 0 Å². The number of allylic oxidation sites excluding steroid dienone is 1. The van der Waals surface area contributed by atoms with E-state index < -0.39 is 31.8 Å². The maximum atomic E-state index is 13.3. The number of carbonyl (C=O) groups is 2. The molecule has 0 amide bonds. The minimum Gasteiger partial charge on any atom is -0.547 e. The van der Waals surface area contributed by atoms with Gasteiger partial charge in [0.1, 0.15) is 11.4 Å². The van der Waals surface area contributed by atoms with E-state index in [0.29, 0.717) is 12.2 Å². The molecule has 0 saturated heterocycles. The number of hydrogen-bond donors (Lipinski definition) is 0. The summed E-state index contributed by atoms with van der Waals surface area (Å²) in [5.41, 5.74) is -0.126. The lowest BCUT2D eigenvalue weighted by Crippen LogP contribution is -2.48. The molecule has 3 atom stereocenters. The molecule has 0 fully saturated rings. The second-order valence-corrected chi connectivity index (χ2v) is 12.4. The molecule has 3 rings (SSSR count). The fourth-order valence-electron chi connectivity index (χ4n) is 3.91. The zero-order chi connectivity index (χ0) is 20.1. The van der Waals surface area contributed by atoms with Gasteiger partial charge in [-0.15, -0.1) is 0 Å². The van der Waals surface area contributed by atoms with Crippen molar-refractivity contribution in [3.05, 3.63) is 39.5 Å². The number of pyridine rings is 1. The predicted molar refractivity (Wildman–Crippen MR) is 102 cm³/mol. The number of carbonyl (C=O) groups excluding carboxylic acids is 2. The lowest BCUT2D eigenvalue weighted by atomic mass is 9.68. The number of rotatable bonds is 4. The van der Waals surface area contributed by atoms with Gasteiger partial charge in [-0.05, 0) is 25.7 Å². The highest BCUT2D eigenvalue weighted by atomic mass is 28.4. The van der Waals surface area contributed by atoms with Crippen molar-refractivity contribution < 1.29 is 23.5 Å². The molecule has 0 spiro atoms. The van der Waals surface area contributed by atoms with Gasteiger partial charge in [-0.25, -0.2) is 0 Å². The van der Waals surface area contributed by atoms with Gasteiger partial charge in [-0.2, -0.15) is 0 Å². The Kier molecular flexibility index (Phi) is 4.90. The standard InChI is InChI=1S/C19H25NO6Si/c1-20-14(21)9-13(25-3)16-17(20)19(23)15-11(18(16)22)7-10(8-12(15)24-2)26-27(4,5)6/h8-9,11-12,15H,7H2,1-6H3/t11-,12+,15-/m1/s1. The molecular formula is C19H25NO6Si. The van der Waals surface area contributed by atoms with Crippen LogP contribution in [0.2, 0.25) is 19.6 Å². The van der Waals surface area contributed by atoms with E-state index in [9.17, 15) is 14.4 Å². The number of methoxy groups -OCH3 is 2. The molecule has 1 aromatic heterocycles. The zero-order valence-electron chi connectivity index (χ0n) is 16.5. The Balaban J connectivity index is 2.15. The number of Topliss-reactive ketones (excluding diaryl/α,β-unsaturated/α-hetero) is 2. The van der Waals surface area contributed by atoms with Crippen LogP contribution in [0.15, 0.2) is 22.7 Å². The van der Waals surface area contributed by atoms with E-state index in [4.69, 9.17) is 13.9 Å². The van der Waals surface area contributed by atoms with Crippen LogP contribution < -0.4 is 10.3 Å². The van der Waals surface area contributed by atoms with Crippen LogP contribution in [0.25, 0.3) is 0 Å². The molecule has 2 aliphatic rings. The first-order valence-corrected chi connectivity index (χ1v) is 12.3. The number of ether oxygens (including phenoxy) is 2. The van der Waals surface area contributed by atoms with Gasteiger partial charge in [-0.3, -0.25) is 14.4 Å². The Hall–Kier alpha value is -2.19. The average molecular weight is 391 g/mol. The molecule has 0 aliphatic heterocycles. The topological polar surface area (TPSA) is 83.8 Å². The highest BCUT2D eigenvalue weighted by molar-refractivity contribution is 6.70. The number of hydrogen-bond acceptors (Lipinski definition) is 6. The van der Waals surface area contributed by atoms with Gasteiger partial charge in [0, 0.05) is 32.6 Å². The van der Waals surface area contributed by atoms with Gasteiger partial charge in [0.2, 0.25) is 8.32 Å². The fourth-order valence-corrected chi connectivity index (χ4v) is 4.84. The molecule has 1 heterocycles. The Morgan fingerprint density at radius 3 is 2.33 bits per heavy atom. The van der Waals surface area contributed by atoms with Gasteiger partial charge in [-0.1, -0.05) is 0 Å². The average Bonchev–Trinajstić information content (AvgIpc) is 2.59. The normalized spacial score (nSPS) is 24.8. The molecule has 0 radical (unpaired) electrons. The van der Waals surface area contributed by atoms with Gasteiger partial charge in [0.25, 0.3) is 5.56 Å². The van der Waals surface area contributed by atoms with E-state index in [1.807, 2.05) is 0 Å². The summed E-state index contributed by atoms with van der Waals surface area (Å²) in [7, 11) is 2.51. The summed E-state index contributed by atoms with van der Waals surface area (Å²) in [4.78, 5) is 38.8. The predicted octanol–water partition coefficient (Wildman–Crippen LogP) is 2.16. The molecule has 0 N–H and O–H groups in total. The number of aromatic nitrogens is 1. The van der Waals surface area contributed by atoms with E-state index in [2.05, 4.69) is 19.6 Å². The van der Waals surface area contributed by atoms with Crippen molar-refractivity contribution in [2.24, 2.45) is 18.9 Å². The summed E-state index contributed by atoms with van der Waals surface area (Å²) in [6.45, 7) is 6.18. The van der Waals surface area contributed by atoms with Crippen molar-refractivity contribution in [3.8, 4) is 5.75 Å². The Morgan fingerprint density at radius 2 is 1.78 bits per heavy atom. The third kappa shape index (κ3) is 3.27. The summed E-state index contributed by atoms with van der Waals surface area (Å²) in [6.07, 6.45) is 1.56. The molecule has 27 heavy (non-hydrogen) atoms. The second-order valence-electron chi connectivity index (χ2n) is 7.95. The first-order valence-electron chi connectivity index (χ1n) is 8.88. The Labute approximate surface area is 159 Å². The highest BCUT2D eigenvalue weighted by Crippen LogP contribution is 2.43. The monoisotopic (exact) mass is 391 g/mol. The van der Waals surface area contributed by atoms with Crippen LogP contribution in [0.5, 0.6) is 5.75 Å². The molecule has 0 aromatic carbocycles. The highest BCUT2D eigenvalue weighted by Gasteiger charge is 2.50. The van der Waals surface area contributed by atoms with E-state index in [1.165, 1.54) is 31.9 Å². The summed E-state index contributed by atoms with van der Waals surface area (Å²) in [6, 6.07) is 1.25. The van der Waals surface area contributed by atoms with Gasteiger partial charge < -0.3 is 18.5 Å². The molecule has 0 unspecified atom stereocenters. The SMILES string of the molecule is COc1cc(=O)n(C)c2c1C(=O)[C@@H]1CC(O[Si](C)(C)C)=C[C@H](OC)[C@@H]1C2=O. The number of nitrogens with zero attached hydrogens (tertiary/aromatic N) is 1. The number of fused-ring (bicyclic) bond motifs is 2. The molecule has 8 heteroatoms. The van der Waals surface area contributed by atoms with E-state index in [0.717, 1.165) is 0 Å². The van der Waals surface area contributed by atoms with Crippen molar-refractivity contribution in [1.82, 2.24) is 4.57 Å². The molecule has 0 bridgehead atoms. The van der Waals surface area contributed by atoms with Gasteiger partial charge in [0.15, 0.2) is 11.6 Å². The zero-order valence-corrected chi connectivity index (χ0v) is 17.5. The summed E-state index contributed by atoms with van der Waals surface area (Å²) in [5, 5.41) is 0. The van der Waals surface area contributed by atoms with Crippen molar-refractivity contribution in [2.45, 2.75) is 32.2 Å². The van der Waals surface area contributed by atoms with E-state index >= 15 is 0 Å². The Morgan fingerprint density at radius 1 is 1.11 bits per heavy atom. The maximum Gasteiger partial charge on any atom is 0.254 e. The molecule has 146 valence electrons. The molecular weight excluding hydrogens is 366 g/mol. The van der Waals surface area contributed by atoms with Crippen LogP contribution in [0, 0.1) is 11.8 Å². The molecule has 1 aromatic rings. The summed E-state index contributed by atoms with van der Waals surface area (Å²) >= 11 is 0. The van der Waals surface area contributed by atoms with Gasteiger partial charge in [0.05, 0.1) is 30.5 Å². The largest absolute Gasteiger partial charge is 0.547 e. The van der Waals surface area contributed by atoms with Crippen LogP contribution in [0.4, 0.5) is 0 Å². The fraction of sp³-hybridized carbons (Fsp3) is 0.526. The van der Waals surface area contributed by atoms with Crippen molar-refractivity contribution in [2.75, 3.05) is 14.2 Å².